The van der Waals surface area contributed by atoms with Gasteiger partial charge in [0.05, 0.1) is 6.61 Å². The fourth-order valence-electron chi connectivity index (χ4n) is 0.978. The van der Waals surface area contributed by atoms with Crippen LogP contribution in [0.15, 0.2) is 30.3 Å². The van der Waals surface area contributed by atoms with Crippen molar-refractivity contribution >= 4 is 24.1 Å². The van der Waals surface area contributed by atoms with Crippen LogP contribution in [0.2, 0.25) is 5.02 Å². The van der Waals surface area contributed by atoms with E-state index in [1.807, 2.05) is 36.4 Å². The van der Waals surface area contributed by atoms with Gasteiger partial charge in [0.25, 0.3) is 6.47 Å². The highest BCUT2D eigenvalue weighted by atomic mass is 35.5. The van der Waals surface area contributed by atoms with Crippen molar-refractivity contribution in [3.63, 3.8) is 0 Å². The lowest BCUT2D eigenvalue weighted by Gasteiger charge is -1.94. The third-order valence-corrected chi connectivity index (χ3v) is 1.90. The van der Waals surface area contributed by atoms with E-state index < -0.39 is 0 Å². The van der Waals surface area contributed by atoms with Crippen molar-refractivity contribution < 1.29 is 9.53 Å². The van der Waals surface area contributed by atoms with Crippen LogP contribution in [0.3, 0.4) is 0 Å². The molecule has 74 valence electrons. The summed E-state index contributed by atoms with van der Waals surface area (Å²) in [6, 6.07) is 7.53. The van der Waals surface area contributed by atoms with Crippen LogP contribution >= 0.6 is 11.6 Å². The molecule has 0 unspecified atom stereocenters. The normalized spacial score (nSPS) is 10.4. The van der Waals surface area contributed by atoms with Crippen molar-refractivity contribution in [2.24, 2.45) is 0 Å². The minimum absolute atomic E-state index is 0.424. The van der Waals surface area contributed by atoms with E-state index in [0.29, 0.717) is 13.1 Å². The fourth-order valence-corrected chi connectivity index (χ4v) is 1.10. The molecule has 0 bridgehead atoms. The zero-order chi connectivity index (χ0) is 10.2. The first-order chi connectivity index (χ1) is 6.83. The SMILES string of the molecule is O=COCC/C=C/c1ccc(Cl)cc1. The Morgan fingerprint density at radius 3 is 2.64 bits per heavy atom. The number of halogens is 1. The summed E-state index contributed by atoms with van der Waals surface area (Å²) in [5.74, 6) is 0. The van der Waals surface area contributed by atoms with Crippen molar-refractivity contribution in [2.75, 3.05) is 6.61 Å². The highest BCUT2D eigenvalue weighted by Crippen LogP contribution is 2.10. The number of hydrogen-bond acceptors (Lipinski definition) is 2. The quantitative estimate of drug-likeness (QED) is 0.552. The van der Waals surface area contributed by atoms with Gasteiger partial charge in [-0.3, -0.25) is 4.79 Å². The molecular formula is C11H11ClO2. The zero-order valence-electron chi connectivity index (χ0n) is 7.65. The molecule has 1 aromatic rings. The minimum atomic E-state index is 0.424. The highest BCUT2D eigenvalue weighted by molar-refractivity contribution is 6.30. The van der Waals surface area contributed by atoms with Crippen LogP contribution in [0.5, 0.6) is 0 Å². The van der Waals surface area contributed by atoms with Crippen LogP contribution in [0.4, 0.5) is 0 Å². The van der Waals surface area contributed by atoms with Gasteiger partial charge in [-0.2, -0.15) is 0 Å². The fraction of sp³-hybridized carbons (Fsp3) is 0.182. The zero-order valence-corrected chi connectivity index (χ0v) is 8.41. The molecule has 1 aromatic carbocycles. The predicted octanol–water partition coefficient (Wildman–Crippen LogP) is 2.92. The van der Waals surface area contributed by atoms with E-state index in [-0.39, 0.29) is 0 Å². The molecule has 2 nitrogen and oxygen atoms in total. The van der Waals surface area contributed by atoms with Gasteiger partial charge >= 0.3 is 0 Å². The van der Waals surface area contributed by atoms with E-state index in [9.17, 15) is 4.79 Å². The largest absolute Gasteiger partial charge is 0.468 e. The van der Waals surface area contributed by atoms with Gasteiger partial charge in [-0.05, 0) is 24.1 Å². The van der Waals surface area contributed by atoms with E-state index in [2.05, 4.69) is 4.74 Å². The maximum Gasteiger partial charge on any atom is 0.293 e. The van der Waals surface area contributed by atoms with Crippen LogP contribution in [0, 0.1) is 0 Å². The third-order valence-electron chi connectivity index (χ3n) is 1.65. The molecule has 0 saturated carbocycles. The Kier molecular flexibility index (Phi) is 4.79. The van der Waals surface area contributed by atoms with E-state index in [4.69, 9.17) is 11.6 Å². The summed E-state index contributed by atoms with van der Waals surface area (Å²) >= 11 is 5.73. The molecule has 3 heteroatoms. The van der Waals surface area contributed by atoms with Crippen LogP contribution in [-0.2, 0) is 9.53 Å². The minimum Gasteiger partial charge on any atom is -0.468 e. The molecule has 0 saturated heterocycles. The summed E-state index contributed by atoms with van der Waals surface area (Å²) < 4.78 is 4.54. The molecule has 0 aliphatic heterocycles. The van der Waals surface area contributed by atoms with Crippen molar-refractivity contribution in [3.8, 4) is 0 Å². The summed E-state index contributed by atoms with van der Waals surface area (Å²) in [6.07, 6.45) is 4.64. The molecule has 0 spiro atoms. The lowest BCUT2D eigenvalue weighted by Crippen LogP contribution is -1.87. The second kappa shape index (κ2) is 6.22. The van der Waals surface area contributed by atoms with Crippen LogP contribution in [0.25, 0.3) is 6.08 Å². The molecule has 0 amide bonds. The Labute approximate surface area is 88.1 Å². The molecule has 14 heavy (non-hydrogen) atoms. The number of benzene rings is 1. The number of ether oxygens (including phenoxy) is 1. The molecule has 0 N–H and O–H groups in total. The Balaban J connectivity index is 2.36. The molecule has 0 heterocycles. The molecule has 0 aromatic heterocycles. The monoisotopic (exact) mass is 210 g/mol. The number of carbonyl (C=O) groups excluding carboxylic acids is 1. The first kappa shape index (κ1) is 10.8. The standard InChI is InChI=1S/C11H11ClO2/c12-11-6-4-10(5-7-11)3-1-2-8-14-9-13/h1,3-7,9H,2,8H2/b3-1+. The lowest BCUT2D eigenvalue weighted by atomic mass is 10.2. The number of hydrogen-bond donors (Lipinski definition) is 0. The molecule has 0 aliphatic carbocycles. The average Bonchev–Trinajstić information content (AvgIpc) is 2.21. The first-order valence-corrected chi connectivity index (χ1v) is 4.68. The molecule has 0 radical (unpaired) electrons. The van der Waals surface area contributed by atoms with Crippen molar-refractivity contribution in [1.29, 1.82) is 0 Å². The Morgan fingerprint density at radius 2 is 2.00 bits per heavy atom. The topological polar surface area (TPSA) is 26.3 Å². The van der Waals surface area contributed by atoms with E-state index >= 15 is 0 Å². The van der Waals surface area contributed by atoms with E-state index in [0.717, 1.165) is 17.0 Å². The third kappa shape index (κ3) is 4.10. The lowest BCUT2D eigenvalue weighted by molar-refractivity contribution is -0.128. The van der Waals surface area contributed by atoms with Crippen molar-refractivity contribution in [1.82, 2.24) is 0 Å². The van der Waals surface area contributed by atoms with E-state index in [1.165, 1.54) is 0 Å². The van der Waals surface area contributed by atoms with Gasteiger partial charge in [0.1, 0.15) is 0 Å². The molecule has 0 fully saturated rings. The average molecular weight is 211 g/mol. The van der Waals surface area contributed by atoms with Gasteiger partial charge in [0.2, 0.25) is 0 Å². The van der Waals surface area contributed by atoms with Crippen LogP contribution < -0.4 is 0 Å². The maximum atomic E-state index is 9.81. The summed E-state index contributed by atoms with van der Waals surface area (Å²) in [5, 5.41) is 0.728. The van der Waals surface area contributed by atoms with Crippen molar-refractivity contribution in [2.45, 2.75) is 6.42 Å². The number of rotatable bonds is 5. The smallest absolute Gasteiger partial charge is 0.293 e. The Hall–Kier alpha value is -1.28. The summed E-state index contributed by atoms with van der Waals surface area (Å²) in [7, 11) is 0. The number of carbonyl (C=O) groups is 1. The first-order valence-electron chi connectivity index (χ1n) is 4.30. The Bertz CT molecular complexity index is 304. The van der Waals surface area contributed by atoms with Gasteiger partial charge in [0, 0.05) is 5.02 Å². The van der Waals surface area contributed by atoms with Gasteiger partial charge < -0.3 is 4.74 Å². The van der Waals surface area contributed by atoms with Gasteiger partial charge in [0.15, 0.2) is 0 Å². The maximum absolute atomic E-state index is 9.81. The highest BCUT2D eigenvalue weighted by Gasteiger charge is 1.87. The molecule has 0 atom stereocenters. The molecular weight excluding hydrogens is 200 g/mol. The Morgan fingerprint density at radius 1 is 1.29 bits per heavy atom. The molecule has 0 aliphatic rings. The van der Waals surface area contributed by atoms with Crippen LogP contribution in [0.1, 0.15) is 12.0 Å². The second-order valence-corrected chi connectivity index (χ2v) is 3.15. The summed E-state index contributed by atoms with van der Waals surface area (Å²) in [6.45, 7) is 0.879. The molecule has 1 rings (SSSR count). The van der Waals surface area contributed by atoms with E-state index in [1.54, 1.807) is 0 Å². The summed E-state index contributed by atoms with van der Waals surface area (Å²) in [5.41, 5.74) is 1.08. The van der Waals surface area contributed by atoms with Crippen LogP contribution in [-0.4, -0.2) is 13.1 Å². The van der Waals surface area contributed by atoms with Gasteiger partial charge in [-0.1, -0.05) is 35.9 Å². The second-order valence-electron chi connectivity index (χ2n) is 2.71. The predicted molar refractivity (Wildman–Crippen MR) is 57.1 cm³/mol. The van der Waals surface area contributed by atoms with Gasteiger partial charge in [-0.25, -0.2) is 0 Å². The summed E-state index contributed by atoms with van der Waals surface area (Å²) in [4.78, 5) is 9.81. The van der Waals surface area contributed by atoms with Crippen molar-refractivity contribution in [3.05, 3.63) is 40.9 Å². The van der Waals surface area contributed by atoms with Gasteiger partial charge in [-0.15, -0.1) is 0 Å².